The van der Waals surface area contributed by atoms with Crippen LogP contribution in [0, 0.1) is 17.3 Å². The molecule has 0 aromatic rings. The van der Waals surface area contributed by atoms with E-state index in [4.69, 9.17) is 0 Å². The third-order valence-corrected chi connectivity index (χ3v) is 4.45. The van der Waals surface area contributed by atoms with Crippen LogP contribution < -0.4 is 5.32 Å². The fraction of sp³-hybridized carbons (Fsp3) is 1.00. The Labute approximate surface area is 82.3 Å². The first kappa shape index (κ1) is 9.51. The van der Waals surface area contributed by atoms with Gasteiger partial charge in [-0.1, -0.05) is 26.7 Å². The lowest BCUT2D eigenvalue weighted by Crippen LogP contribution is -2.51. The summed E-state index contributed by atoms with van der Waals surface area (Å²) in [7, 11) is 2.14. The lowest BCUT2D eigenvalue weighted by atomic mass is 9.53. The Morgan fingerprint density at radius 1 is 1.15 bits per heavy atom. The van der Waals surface area contributed by atoms with Crippen LogP contribution in [0.2, 0.25) is 0 Å². The lowest BCUT2D eigenvalue weighted by molar-refractivity contribution is -0.0311. The van der Waals surface area contributed by atoms with Crippen molar-refractivity contribution in [3.8, 4) is 0 Å². The van der Waals surface area contributed by atoms with Crippen molar-refractivity contribution in [3.05, 3.63) is 0 Å². The highest BCUT2D eigenvalue weighted by Crippen LogP contribution is 2.55. The summed E-state index contributed by atoms with van der Waals surface area (Å²) in [6.45, 7) is 4.90. The molecule has 0 bridgehead atoms. The topological polar surface area (TPSA) is 12.0 Å². The number of nitrogens with one attached hydrogen (secondary N) is 1. The fourth-order valence-electron chi connectivity index (χ4n) is 3.65. The van der Waals surface area contributed by atoms with E-state index >= 15 is 0 Å². The maximum absolute atomic E-state index is 3.51. The predicted octanol–water partition coefficient (Wildman–Crippen LogP) is 2.81. The SMILES string of the molecule is CNC1CCCCC2C1CC2(C)C. The summed E-state index contributed by atoms with van der Waals surface area (Å²) < 4.78 is 0. The fourth-order valence-corrected chi connectivity index (χ4v) is 3.65. The Bertz CT molecular complexity index is 186. The second-order valence-corrected chi connectivity index (χ2v) is 5.64. The minimum absolute atomic E-state index is 0.643. The Morgan fingerprint density at radius 3 is 2.46 bits per heavy atom. The second-order valence-electron chi connectivity index (χ2n) is 5.64. The molecule has 1 nitrogen and oxygen atoms in total. The molecule has 0 amide bonds. The second kappa shape index (κ2) is 3.27. The summed E-state index contributed by atoms with van der Waals surface area (Å²) in [6.07, 6.45) is 7.24. The maximum atomic E-state index is 3.51. The molecule has 1 N–H and O–H groups in total. The monoisotopic (exact) mass is 181 g/mol. The quantitative estimate of drug-likeness (QED) is 0.656. The maximum Gasteiger partial charge on any atom is 0.00953 e. The average molecular weight is 181 g/mol. The van der Waals surface area contributed by atoms with Crippen molar-refractivity contribution in [2.45, 2.75) is 52.0 Å². The van der Waals surface area contributed by atoms with Crippen molar-refractivity contribution in [1.29, 1.82) is 0 Å². The first-order valence-electron chi connectivity index (χ1n) is 5.82. The van der Waals surface area contributed by atoms with Crippen LogP contribution in [0.3, 0.4) is 0 Å². The number of rotatable bonds is 1. The summed E-state index contributed by atoms with van der Waals surface area (Å²) in [5, 5.41) is 3.51. The average Bonchev–Trinajstić information content (AvgIpc) is 2.24. The normalized spacial score (nSPS) is 43.2. The van der Waals surface area contributed by atoms with E-state index < -0.39 is 0 Å². The van der Waals surface area contributed by atoms with Gasteiger partial charge >= 0.3 is 0 Å². The highest BCUT2D eigenvalue weighted by atomic mass is 14.9. The molecule has 0 aliphatic heterocycles. The molecule has 3 unspecified atom stereocenters. The molecular weight excluding hydrogens is 158 g/mol. The molecule has 2 saturated carbocycles. The van der Waals surface area contributed by atoms with Gasteiger partial charge < -0.3 is 5.32 Å². The smallest absolute Gasteiger partial charge is 0.00953 e. The number of hydrogen-bond acceptors (Lipinski definition) is 1. The lowest BCUT2D eigenvalue weighted by Gasteiger charge is -2.54. The third kappa shape index (κ3) is 1.52. The summed E-state index contributed by atoms with van der Waals surface area (Å²) in [5.41, 5.74) is 0.643. The van der Waals surface area contributed by atoms with Gasteiger partial charge in [-0.05, 0) is 43.6 Å². The molecule has 2 aliphatic carbocycles. The Morgan fingerprint density at radius 2 is 1.85 bits per heavy atom. The van der Waals surface area contributed by atoms with Crippen molar-refractivity contribution in [3.63, 3.8) is 0 Å². The van der Waals surface area contributed by atoms with Crippen LogP contribution in [0.5, 0.6) is 0 Å². The Hall–Kier alpha value is -0.0400. The van der Waals surface area contributed by atoms with Crippen LogP contribution in [0.25, 0.3) is 0 Å². The molecule has 13 heavy (non-hydrogen) atoms. The van der Waals surface area contributed by atoms with E-state index in [1.165, 1.54) is 32.1 Å². The number of hydrogen-bond donors (Lipinski definition) is 1. The van der Waals surface area contributed by atoms with Gasteiger partial charge in [0.25, 0.3) is 0 Å². The zero-order valence-corrected chi connectivity index (χ0v) is 9.27. The molecular formula is C12H23N. The van der Waals surface area contributed by atoms with E-state index in [2.05, 4.69) is 26.2 Å². The molecule has 1 heteroatoms. The van der Waals surface area contributed by atoms with E-state index in [0.717, 1.165) is 17.9 Å². The largest absolute Gasteiger partial charge is 0.317 e. The van der Waals surface area contributed by atoms with Gasteiger partial charge in [0, 0.05) is 6.04 Å². The van der Waals surface area contributed by atoms with Gasteiger partial charge in [0.05, 0.1) is 0 Å². The van der Waals surface area contributed by atoms with Gasteiger partial charge in [-0.3, -0.25) is 0 Å². The van der Waals surface area contributed by atoms with Gasteiger partial charge in [-0.2, -0.15) is 0 Å². The molecule has 0 heterocycles. The summed E-state index contributed by atoms with van der Waals surface area (Å²) >= 11 is 0. The molecule has 2 rings (SSSR count). The van der Waals surface area contributed by atoms with Gasteiger partial charge in [-0.15, -0.1) is 0 Å². The molecule has 3 atom stereocenters. The van der Waals surface area contributed by atoms with Crippen LogP contribution in [0.15, 0.2) is 0 Å². The third-order valence-electron chi connectivity index (χ3n) is 4.45. The van der Waals surface area contributed by atoms with E-state index in [-0.39, 0.29) is 0 Å². The van der Waals surface area contributed by atoms with Crippen molar-refractivity contribution in [2.24, 2.45) is 17.3 Å². The molecule has 2 fully saturated rings. The van der Waals surface area contributed by atoms with E-state index in [1.54, 1.807) is 0 Å². The van der Waals surface area contributed by atoms with Gasteiger partial charge in [0.2, 0.25) is 0 Å². The van der Waals surface area contributed by atoms with Crippen LogP contribution in [-0.4, -0.2) is 13.1 Å². The summed E-state index contributed by atoms with van der Waals surface area (Å²) in [6, 6.07) is 0.820. The summed E-state index contributed by atoms with van der Waals surface area (Å²) in [5.74, 6) is 2.00. The molecule has 0 radical (unpaired) electrons. The van der Waals surface area contributed by atoms with Crippen molar-refractivity contribution < 1.29 is 0 Å². The van der Waals surface area contributed by atoms with Gasteiger partial charge in [0.15, 0.2) is 0 Å². The first-order chi connectivity index (χ1) is 6.15. The Balaban J connectivity index is 2.06. The molecule has 0 saturated heterocycles. The predicted molar refractivity (Wildman–Crippen MR) is 56.7 cm³/mol. The molecule has 0 aromatic carbocycles. The highest BCUT2D eigenvalue weighted by molar-refractivity contribution is 5.01. The molecule has 2 aliphatic rings. The minimum Gasteiger partial charge on any atom is -0.317 e. The Kier molecular flexibility index (Phi) is 2.39. The van der Waals surface area contributed by atoms with E-state index in [0.29, 0.717) is 5.41 Å². The van der Waals surface area contributed by atoms with Gasteiger partial charge in [-0.25, -0.2) is 0 Å². The van der Waals surface area contributed by atoms with E-state index in [1.807, 2.05) is 0 Å². The molecule has 0 spiro atoms. The van der Waals surface area contributed by atoms with Crippen LogP contribution >= 0.6 is 0 Å². The van der Waals surface area contributed by atoms with Crippen molar-refractivity contribution >= 4 is 0 Å². The molecule has 0 aromatic heterocycles. The van der Waals surface area contributed by atoms with Crippen LogP contribution in [-0.2, 0) is 0 Å². The molecule has 76 valence electrons. The van der Waals surface area contributed by atoms with Crippen molar-refractivity contribution in [2.75, 3.05) is 7.05 Å². The van der Waals surface area contributed by atoms with Crippen molar-refractivity contribution in [1.82, 2.24) is 5.32 Å². The van der Waals surface area contributed by atoms with E-state index in [9.17, 15) is 0 Å². The highest BCUT2D eigenvalue weighted by Gasteiger charge is 2.49. The van der Waals surface area contributed by atoms with Crippen LogP contribution in [0.4, 0.5) is 0 Å². The first-order valence-corrected chi connectivity index (χ1v) is 5.82. The van der Waals surface area contributed by atoms with Crippen LogP contribution in [0.1, 0.15) is 46.0 Å². The number of fused-ring (bicyclic) bond motifs is 1. The van der Waals surface area contributed by atoms with Gasteiger partial charge in [0.1, 0.15) is 0 Å². The zero-order valence-electron chi connectivity index (χ0n) is 9.27. The summed E-state index contributed by atoms with van der Waals surface area (Å²) in [4.78, 5) is 0. The standard InChI is InChI=1S/C12H23N/c1-12(2)8-9-10(12)6-4-5-7-11(9)13-3/h9-11,13H,4-8H2,1-3H3. The zero-order chi connectivity index (χ0) is 9.47. The minimum atomic E-state index is 0.643.